The van der Waals surface area contributed by atoms with Gasteiger partial charge in [0.2, 0.25) is 0 Å². The molecule has 0 saturated carbocycles. The highest BCUT2D eigenvalue weighted by Crippen LogP contribution is 2.28. The van der Waals surface area contributed by atoms with Crippen molar-refractivity contribution in [3.63, 3.8) is 0 Å². The Morgan fingerprint density at radius 3 is 2.65 bits per heavy atom. The second-order valence-electron chi connectivity index (χ2n) is 6.91. The highest BCUT2D eigenvalue weighted by atomic mass is 16.4. The molecular weight excluding hydrogens is 324 g/mol. The quantitative estimate of drug-likeness (QED) is 0.655. The fourth-order valence-corrected chi connectivity index (χ4v) is 3.38. The van der Waals surface area contributed by atoms with Crippen LogP contribution < -0.4 is 5.32 Å². The minimum absolute atomic E-state index is 0.343. The number of hydrogen-bond acceptors (Lipinski definition) is 2. The monoisotopic (exact) mass is 350 g/mol. The second kappa shape index (κ2) is 7.75. The van der Waals surface area contributed by atoms with Gasteiger partial charge in [-0.15, -0.1) is 0 Å². The van der Waals surface area contributed by atoms with Crippen molar-refractivity contribution in [2.75, 3.05) is 0 Å². The molecule has 0 radical (unpaired) electrons. The number of hydrogen-bond donors (Lipinski definition) is 2. The minimum Gasteiger partial charge on any atom is -0.477 e. The van der Waals surface area contributed by atoms with E-state index >= 15 is 0 Å². The van der Waals surface area contributed by atoms with Gasteiger partial charge in [-0.1, -0.05) is 55.0 Å². The number of rotatable bonds is 7. The molecule has 3 aromatic rings. The Morgan fingerprint density at radius 1 is 1.19 bits per heavy atom. The van der Waals surface area contributed by atoms with Gasteiger partial charge in [-0.3, -0.25) is 0 Å². The number of carboxylic acids is 1. The van der Waals surface area contributed by atoms with Crippen molar-refractivity contribution in [1.82, 2.24) is 9.88 Å². The molecule has 1 heterocycles. The molecule has 136 valence electrons. The summed E-state index contributed by atoms with van der Waals surface area (Å²) in [5, 5.41) is 14.4. The number of para-hydroxylation sites is 1. The Balaban J connectivity index is 2.11. The van der Waals surface area contributed by atoms with Crippen molar-refractivity contribution in [3.8, 4) is 0 Å². The minimum atomic E-state index is -0.880. The SMILES string of the molecule is CCC(C)NCc1c(C(=O)O)n(Cc2cccc(C)c2)c2ccccc12. The van der Waals surface area contributed by atoms with Crippen molar-refractivity contribution in [3.05, 3.63) is 70.9 Å². The number of fused-ring (bicyclic) bond motifs is 1. The molecule has 0 aliphatic heterocycles. The summed E-state index contributed by atoms with van der Waals surface area (Å²) >= 11 is 0. The van der Waals surface area contributed by atoms with Crippen LogP contribution in [0.5, 0.6) is 0 Å². The van der Waals surface area contributed by atoms with Crippen LogP contribution in [0.25, 0.3) is 10.9 Å². The van der Waals surface area contributed by atoms with Gasteiger partial charge in [0.15, 0.2) is 0 Å². The molecule has 0 bridgehead atoms. The average molecular weight is 350 g/mol. The summed E-state index contributed by atoms with van der Waals surface area (Å²) in [7, 11) is 0. The molecule has 3 rings (SSSR count). The van der Waals surface area contributed by atoms with Crippen LogP contribution in [-0.2, 0) is 13.1 Å². The zero-order valence-corrected chi connectivity index (χ0v) is 15.6. The Bertz CT molecular complexity index is 927. The first-order chi connectivity index (χ1) is 12.5. The second-order valence-corrected chi connectivity index (χ2v) is 6.91. The molecule has 0 spiro atoms. The summed E-state index contributed by atoms with van der Waals surface area (Å²) in [6, 6.07) is 16.5. The summed E-state index contributed by atoms with van der Waals surface area (Å²) in [5.41, 5.74) is 4.49. The molecular formula is C22H26N2O2. The van der Waals surface area contributed by atoms with E-state index in [2.05, 4.69) is 38.2 Å². The van der Waals surface area contributed by atoms with Gasteiger partial charge >= 0.3 is 5.97 Å². The fraction of sp³-hybridized carbons (Fsp3) is 0.318. The largest absolute Gasteiger partial charge is 0.477 e. The van der Waals surface area contributed by atoms with Gasteiger partial charge in [-0.05, 0) is 31.9 Å². The van der Waals surface area contributed by atoms with Crippen LogP contribution in [0, 0.1) is 6.92 Å². The van der Waals surface area contributed by atoms with Crippen LogP contribution in [0.2, 0.25) is 0 Å². The molecule has 4 nitrogen and oxygen atoms in total. The number of aromatic nitrogens is 1. The van der Waals surface area contributed by atoms with Crippen LogP contribution in [0.4, 0.5) is 0 Å². The maximum absolute atomic E-state index is 12.1. The van der Waals surface area contributed by atoms with Crippen molar-refractivity contribution in [2.24, 2.45) is 0 Å². The number of nitrogens with zero attached hydrogens (tertiary/aromatic N) is 1. The molecule has 0 amide bonds. The van der Waals surface area contributed by atoms with Crippen LogP contribution in [0.1, 0.15) is 47.4 Å². The lowest BCUT2D eigenvalue weighted by molar-refractivity contribution is 0.0684. The summed E-state index contributed by atoms with van der Waals surface area (Å²) in [6.07, 6.45) is 1.00. The van der Waals surface area contributed by atoms with Crippen molar-refractivity contribution < 1.29 is 9.90 Å². The molecule has 0 aliphatic carbocycles. The van der Waals surface area contributed by atoms with Gasteiger partial charge in [0, 0.05) is 35.6 Å². The summed E-state index contributed by atoms with van der Waals surface area (Å²) < 4.78 is 1.93. The zero-order chi connectivity index (χ0) is 18.7. The lowest BCUT2D eigenvalue weighted by Crippen LogP contribution is -2.25. The molecule has 26 heavy (non-hydrogen) atoms. The third-order valence-electron chi connectivity index (χ3n) is 4.94. The molecule has 1 unspecified atom stereocenters. The lowest BCUT2D eigenvalue weighted by Gasteiger charge is -2.13. The molecule has 4 heteroatoms. The molecule has 0 fully saturated rings. The highest BCUT2D eigenvalue weighted by molar-refractivity contribution is 5.98. The average Bonchev–Trinajstić information content (AvgIpc) is 2.93. The van der Waals surface area contributed by atoms with E-state index in [0.717, 1.165) is 28.5 Å². The van der Waals surface area contributed by atoms with Gasteiger partial charge in [0.1, 0.15) is 5.69 Å². The van der Waals surface area contributed by atoms with E-state index in [1.807, 2.05) is 41.0 Å². The Morgan fingerprint density at radius 2 is 1.96 bits per heavy atom. The van der Waals surface area contributed by atoms with E-state index in [4.69, 9.17) is 0 Å². The molecule has 1 aromatic heterocycles. The number of aryl methyl sites for hydroxylation is 1. The number of carboxylic acid groups (broad SMARTS) is 1. The van der Waals surface area contributed by atoms with E-state index in [1.165, 1.54) is 5.56 Å². The van der Waals surface area contributed by atoms with Crippen LogP contribution in [0.15, 0.2) is 48.5 Å². The lowest BCUT2D eigenvalue weighted by atomic mass is 10.1. The van der Waals surface area contributed by atoms with Crippen molar-refractivity contribution >= 4 is 16.9 Å². The normalized spacial score (nSPS) is 12.4. The maximum Gasteiger partial charge on any atom is 0.352 e. The number of benzene rings is 2. The first-order valence-electron chi connectivity index (χ1n) is 9.13. The summed E-state index contributed by atoms with van der Waals surface area (Å²) in [5.74, 6) is -0.880. The van der Waals surface area contributed by atoms with E-state index < -0.39 is 5.97 Å². The van der Waals surface area contributed by atoms with E-state index in [1.54, 1.807) is 0 Å². The standard InChI is InChI=1S/C22H26N2O2/c1-4-16(3)23-13-19-18-10-5-6-11-20(18)24(21(19)22(25)26)14-17-9-7-8-15(2)12-17/h5-12,16,23H,4,13-14H2,1-3H3,(H,25,26). The summed E-state index contributed by atoms with van der Waals surface area (Å²) in [6.45, 7) is 7.39. The number of aromatic carboxylic acids is 1. The Kier molecular flexibility index (Phi) is 5.43. The summed E-state index contributed by atoms with van der Waals surface area (Å²) in [4.78, 5) is 12.1. The van der Waals surface area contributed by atoms with Crippen LogP contribution in [-0.4, -0.2) is 21.7 Å². The first-order valence-corrected chi connectivity index (χ1v) is 9.13. The van der Waals surface area contributed by atoms with E-state index in [0.29, 0.717) is 24.8 Å². The Hall–Kier alpha value is -2.59. The van der Waals surface area contributed by atoms with Gasteiger partial charge < -0.3 is 15.0 Å². The van der Waals surface area contributed by atoms with Crippen molar-refractivity contribution in [1.29, 1.82) is 0 Å². The Labute approximate surface area is 154 Å². The van der Waals surface area contributed by atoms with Gasteiger partial charge in [0.05, 0.1) is 0 Å². The highest BCUT2D eigenvalue weighted by Gasteiger charge is 2.22. The predicted octanol–water partition coefficient (Wildman–Crippen LogP) is 4.58. The van der Waals surface area contributed by atoms with E-state index in [9.17, 15) is 9.90 Å². The number of nitrogens with one attached hydrogen (secondary N) is 1. The molecule has 2 N–H and O–H groups in total. The molecule has 0 saturated heterocycles. The van der Waals surface area contributed by atoms with E-state index in [-0.39, 0.29) is 0 Å². The molecule has 0 aliphatic rings. The maximum atomic E-state index is 12.1. The zero-order valence-electron chi connectivity index (χ0n) is 15.6. The molecule has 2 aromatic carbocycles. The van der Waals surface area contributed by atoms with Gasteiger partial charge in [-0.2, -0.15) is 0 Å². The van der Waals surface area contributed by atoms with Gasteiger partial charge in [0.25, 0.3) is 0 Å². The smallest absolute Gasteiger partial charge is 0.352 e. The first kappa shape index (κ1) is 18.2. The van der Waals surface area contributed by atoms with Crippen molar-refractivity contribution in [2.45, 2.75) is 46.3 Å². The molecule has 1 atom stereocenters. The van der Waals surface area contributed by atoms with Crippen LogP contribution in [0.3, 0.4) is 0 Å². The van der Waals surface area contributed by atoms with Crippen LogP contribution >= 0.6 is 0 Å². The number of carbonyl (C=O) groups is 1. The fourth-order valence-electron chi connectivity index (χ4n) is 3.38. The predicted molar refractivity (Wildman–Crippen MR) is 106 cm³/mol. The van der Waals surface area contributed by atoms with Gasteiger partial charge in [-0.25, -0.2) is 4.79 Å². The third-order valence-corrected chi connectivity index (χ3v) is 4.94. The third kappa shape index (κ3) is 3.65. The topological polar surface area (TPSA) is 54.3 Å².